The fraction of sp³-hybridized carbons (Fsp3) is 0.688. The van der Waals surface area contributed by atoms with Gasteiger partial charge in [0.25, 0.3) is 0 Å². The third kappa shape index (κ3) is 5.45. The van der Waals surface area contributed by atoms with Gasteiger partial charge >= 0.3 is 0 Å². The largest absolute Gasteiger partial charge is 0.355 e. The average Bonchev–Trinajstić information content (AvgIpc) is 2.89. The molecule has 0 spiro atoms. The van der Waals surface area contributed by atoms with Gasteiger partial charge in [-0.05, 0) is 13.8 Å². The van der Waals surface area contributed by atoms with Crippen LogP contribution in [0.3, 0.4) is 0 Å². The molecule has 2 heterocycles. The van der Waals surface area contributed by atoms with Crippen molar-refractivity contribution < 1.29 is 4.79 Å². The van der Waals surface area contributed by atoms with Gasteiger partial charge in [-0.25, -0.2) is 4.98 Å². The van der Waals surface area contributed by atoms with Gasteiger partial charge in [-0.3, -0.25) is 14.7 Å². The van der Waals surface area contributed by atoms with Gasteiger partial charge in [-0.15, -0.1) is 11.3 Å². The fourth-order valence-electron chi connectivity index (χ4n) is 2.61. The van der Waals surface area contributed by atoms with E-state index >= 15 is 0 Å². The number of carbonyl (C=O) groups is 1. The molecule has 0 radical (unpaired) electrons. The first-order valence-corrected chi connectivity index (χ1v) is 9.16. The molecule has 0 aromatic carbocycles. The predicted octanol–water partition coefficient (Wildman–Crippen LogP) is 0.589. The number of thiazole rings is 1. The summed E-state index contributed by atoms with van der Waals surface area (Å²) < 4.78 is 0. The number of piperazine rings is 1. The van der Waals surface area contributed by atoms with E-state index in [-0.39, 0.29) is 5.91 Å². The van der Waals surface area contributed by atoms with E-state index < -0.39 is 0 Å². The van der Waals surface area contributed by atoms with E-state index in [1.165, 1.54) is 4.88 Å². The Morgan fingerprint density at radius 2 is 1.96 bits per heavy atom. The number of aliphatic imine (C=N–C) groups is 1. The number of hydrogen-bond donors (Lipinski definition) is 2. The molecular weight excluding hydrogens is 324 g/mol. The van der Waals surface area contributed by atoms with Crippen LogP contribution in [-0.2, 0) is 11.3 Å². The van der Waals surface area contributed by atoms with E-state index in [1.807, 2.05) is 11.8 Å². The second kappa shape index (κ2) is 8.98. The number of rotatable bonds is 5. The van der Waals surface area contributed by atoms with E-state index in [4.69, 9.17) is 0 Å². The van der Waals surface area contributed by atoms with Crippen molar-refractivity contribution in [3.05, 3.63) is 15.6 Å². The number of aryl methyl sites for hydroxylation is 2. The minimum Gasteiger partial charge on any atom is -0.355 e. The van der Waals surface area contributed by atoms with Crippen molar-refractivity contribution >= 4 is 23.2 Å². The van der Waals surface area contributed by atoms with Gasteiger partial charge in [0.1, 0.15) is 5.01 Å². The smallest absolute Gasteiger partial charge is 0.219 e. The highest BCUT2D eigenvalue weighted by atomic mass is 32.1. The summed E-state index contributed by atoms with van der Waals surface area (Å²) in [7, 11) is 1.78. The molecule has 24 heavy (non-hydrogen) atoms. The second-order valence-electron chi connectivity index (χ2n) is 5.95. The SMILES string of the molecule is CN=C(NCCN1CCN(C(C)=O)CC1)NCc1nc(C)c(C)s1. The molecule has 2 N–H and O–H groups in total. The van der Waals surface area contributed by atoms with Gasteiger partial charge < -0.3 is 15.5 Å². The molecule has 134 valence electrons. The summed E-state index contributed by atoms with van der Waals surface area (Å²) in [5.74, 6) is 0.966. The maximum atomic E-state index is 11.3. The molecule has 0 unspecified atom stereocenters. The highest BCUT2D eigenvalue weighted by molar-refractivity contribution is 7.11. The molecule has 1 saturated heterocycles. The van der Waals surface area contributed by atoms with E-state index in [0.717, 1.165) is 55.9 Å². The van der Waals surface area contributed by atoms with E-state index in [9.17, 15) is 4.79 Å². The van der Waals surface area contributed by atoms with Gasteiger partial charge in [0, 0.05) is 58.1 Å². The van der Waals surface area contributed by atoms with Crippen LogP contribution in [0.4, 0.5) is 0 Å². The normalized spacial score (nSPS) is 16.3. The Balaban J connectivity index is 1.66. The van der Waals surface area contributed by atoms with Crippen LogP contribution in [0.15, 0.2) is 4.99 Å². The quantitative estimate of drug-likeness (QED) is 0.599. The number of nitrogens with one attached hydrogen (secondary N) is 2. The lowest BCUT2D eigenvalue weighted by molar-refractivity contribution is -0.130. The van der Waals surface area contributed by atoms with E-state index in [0.29, 0.717) is 6.54 Å². The maximum Gasteiger partial charge on any atom is 0.219 e. The molecule has 7 nitrogen and oxygen atoms in total. The second-order valence-corrected chi connectivity index (χ2v) is 7.24. The van der Waals surface area contributed by atoms with Gasteiger partial charge in [-0.1, -0.05) is 0 Å². The van der Waals surface area contributed by atoms with Gasteiger partial charge in [-0.2, -0.15) is 0 Å². The zero-order valence-electron chi connectivity index (χ0n) is 15.1. The van der Waals surface area contributed by atoms with Crippen LogP contribution in [0.1, 0.15) is 22.5 Å². The molecule has 1 aliphatic rings. The molecule has 1 amide bonds. The lowest BCUT2D eigenvalue weighted by atomic mass is 10.3. The zero-order valence-corrected chi connectivity index (χ0v) is 15.9. The number of hydrogen-bond acceptors (Lipinski definition) is 5. The van der Waals surface area contributed by atoms with E-state index in [2.05, 4.69) is 32.4 Å². The summed E-state index contributed by atoms with van der Waals surface area (Å²) in [6.07, 6.45) is 0. The predicted molar refractivity (Wildman–Crippen MR) is 98.5 cm³/mol. The van der Waals surface area contributed by atoms with E-state index in [1.54, 1.807) is 25.3 Å². The molecule has 0 saturated carbocycles. The average molecular weight is 353 g/mol. The highest BCUT2D eigenvalue weighted by Crippen LogP contribution is 2.15. The zero-order chi connectivity index (χ0) is 17.5. The minimum absolute atomic E-state index is 0.171. The van der Waals surface area contributed by atoms with Crippen LogP contribution in [0.25, 0.3) is 0 Å². The lowest BCUT2D eigenvalue weighted by Gasteiger charge is -2.34. The van der Waals surface area contributed by atoms with Crippen molar-refractivity contribution in [1.82, 2.24) is 25.4 Å². The molecule has 0 bridgehead atoms. The van der Waals surface area contributed by atoms with Crippen LogP contribution < -0.4 is 10.6 Å². The molecule has 1 fully saturated rings. The Hall–Kier alpha value is -1.67. The minimum atomic E-state index is 0.171. The van der Waals surface area contributed by atoms with Crippen molar-refractivity contribution in [3.63, 3.8) is 0 Å². The molecular formula is C16H28N6OS. The van der Waals surface area contributed by atoms with Crippen molar-refractivity contribution in [2.45, 2.75) is 27.3 Å². The highest BCUT2D eigenvalue weighted by Gasteiger charge is 2.17. The van der Waals surface area contributed by atoms with Crippen LogP contribution in [-0.4, -0.2) is 73.0 Å². The van der Waals surface area contributed by atoms with Crippen molar-refractivity contribution in [3.8, 4) is 0 Å². The summed E-state index contributed by atoms with van der Waals surface area (Å²) in [6.45, 7) is 11.8. The van der Waals surface area contributed by atoms with Crippen LogP contribution in [0.2, 0.25) is 0 Å². The third-order valence-electron chi connectivity index (χ3n) is 4.24. The Bertz CT molecular complexity index is 558. The molecule has 8 heteroatoms. The van der Waals surface area contributed by atoms with Gasteiger partial charge in [0.2, 0.25) is 5.91 Å². The van der Waals surface area contributed by atoms with Gasteiger partial charge in [0.05, 0.1) is 12.2 Å². The first kappa shape index (κ1) is 18.7. The number of nitrogens with zero attached hydrogens (tertiary/aromatic N) is 4. The Kier molecular flexibility index (Phi) is 6.99. The van der Waals surface area contributed by atoms with Crippen molar-refractivity contribution in [1.29, 1.82) is 0 Å². The first-order chi connectivity index (χ1) is 11.5. The molecule has 2 rings (SSSR count). The Labute approximate surface area is 148 Å². The third-order valence-corrected chi connectivity index (χ3v) is 5.31. The first-order valence-electron chi connectivity index (χ1n) is 8.35. The molecule has 1 aliphatic heterocycles. The number of carbonyl (C=O) groups excluding carboxylic acids is 1. The van der Waals surface area contributed by atoms with Crippen LogP contribution in [0, 0.1) is 13.8 Å². The molecule has 1 aromatic heterocycles. The topological polar surface area (TPSA) is 72.9 Å². The van der Waals surface area contributed by atoms with Crippen LogP contribution >= 0.6 is 11.3 Å². The number of amides is 1. The molecule has 0 atom stereocenters. The summed E-state index contributed by atoms with van der Waals surface area (Å²) >= 11 is 1.72. The standard InChI is InChI=1S/C16H28N6OS/c1-12-13(2)24-15(20-12)11-19-16(17-4)18-5-6-21-7-9-22(10-8-21)14(3)23/h5-11H2,1-4H3,(H2,17,18,19). The summed E-state index contributed by atoms with van der Waals surface area (Å²) in [6, 6.07) is 0. The number of guanidine groups is 1. The fourth-order valence-corrected chi connectivity index (χ4v) is 3.49. The summed E-state index contributed by atoms with van der Waals surface area (Å²) in [4.78, 5) is 25.6. The van der Waals surface area contributed by atoms with Crippen molar-refractivity contribution in [2.24, 2.45) is 4.99 Å². The maximum absolute atomic E-state index is 11.3. The Morgan fingerprint density at radius 3 is 2.50 bits per heavy atom. The summed E-state index contributed by atoms with van der Waals surface area (Å²) in [5, 5.41) is 7.71. The molecule has 1 aromatic rings. The van der Waals surface area contributed by atoms with Gasteiger partial charge in [0.15, 0.2) is 5.96 Å². The number of aromatic nitrogens is 1. The molecule has 0 aliphatic carbocycles. The Morgan fingerprint density at radius 1 is 1.25 bits per heavy atom. The van der Waals surface area contributed by atoms with Crippen LogP contribution in [0.5, 0.6) is 0 Å². The monoisotopic (exact) mass is 352 g/mol. The van der Waals surface area contributed by atoms with Crippen molar-refractivity contribution in [2.75, 3.05) is 46.3 Å². The summed E-state index contributed by atoms with van der Waals surface area (Å²) in [5.41, 5.74) is 1.10. The lowest BCUT2D eigenvalue weighted by Crippen LogP contribution is -2.50.